The van der Waals surface area contributed by atoms with Gasteiger partial charge < -0.3 is 9.84 Å². The van der Waals surface area contributed by atoms with E-state index in [0.29, 0.717) is 11.3 Å². The molecule has 0 saturated carbocycles. The van der Waals surface area contributed by atoms with Crippen molar-refractivity contribution in [1.82, 2.24) is 9.97 Å². The standard InChI is InChI=1S/C18H14N2O3/c1-12-15(17(21)22)10-14(13-6-3-2-4-7-13)11-16(12)23-18-19-8-5-9-20-18/h2-11H,1H3,(H,21,22). The van der Waals surface area contributed by atoms with Crippen molar-refractivity contribution in [2.24, 2.45) is 0 Å². The van der Waals surface area contributed by atoms with Crippen molar-refractivity contribution in [1.29, 1.82) is 0 Å². The summed E-state index contributed by atoms with van der Waals surface area (Å²) in [6, 6.07) is 14.8. The second-order valence-corrected chi connectivity index (χ2v) is 4.95. The van der Waals surface area contributed by atoms with Gasteiger partial charge in [0.25, 0.3) is 0 Å². The smallest absolute Gasteiger partial charge is 0.336 e. The minimum absolute atomic E-state index is 0.178. The lowest BCUT2D eigenvalue weighted by atomic mass is 9.99. The lowest BCUT2D eigenvalue weighted by Crippen LogP contribution is -2.03. The SMILES string of the molecule is Cc1c(Oc2ncccn2)cc(-c2ccccc2)cc1C(=O)O. The number of rotatable bonds is 4. The molecule has 0 radical (unpaired) electrons. The summed E-state index contributed by atoms with van der Waals surface area (Å²) in [4.78, 5) is 19.5. The molecular formula is C18H14N2O3. The van der Waals surface area contributed by atoms with Gasteiger partial charge in [0.05, 0.1) is 5.56 Å². The second-order valence-electron chi connectivity index (χ2n) is 4.95. The summed E-state index contributed by atoms with van der Waals surface area (Å²) in [5, 5.41) is 9.44. The Bertz CT molecular complexity index is 834. The highest BCUT2D eigenvalue weighted by Crippen LogP contribution is 2.32. The minimum Gasteiger partial charge on any atom is -0.478 e. The average Bonchev–Trinajstić information content (AvgIpc) is 2.58. The van der Waals surface area contributed by atoms with Crippen LogP contribution in [-0.2, 0) is 0 Å². The van der Waals surface area contributed by atoms with E-state index in [1.54, 1.807) is 37.5 Å². The molecule has 2 aromatic carbocycles. The zero-order valence-electron chi connectivity index (χ0n) is 12.4. The Labute approximate surface area is 133 Å². The number of hydrogen-bond donors (Lipinski definition) is 1. The van der Waals surface area contributed by atoms with Crippen LogP contribution in [0.15, 0.2) is 60.9 Å². The highest BCUT2D eigenvalue weighted by molar-refractivity contribution is 5.92. The van der Waals surface area contributed by atoms with E-state index in [1.807, 2.05) is 30.3 Å². The molecule has 0 amide bonds. The van der Waals surface area contributed by atoms with Gasteiger partial charge in [-0.1, -0.05) is 30.3 Å². The molecule has 1 aromatic heterocycles. The molecule has 0 saturated heterocycles. The van der Waals surface area contributed by atoms with Crippen molar-refractivity contribution in [2.75, 3.05) is 0 Å². The Morgan fingerprint density at radius 2 is 1.70 bits per heavy atom. The van der Waals surface area contributed by atoms with Gasteiger partial charge in [-0.05, 0) is 36.2 Å². The van der Waals surface area contributed by atoms with Crippen LogP contribution in [0.5, 0.6) is 11.8 Å². The third kappa shape index (κ3) is 3.18. The number of hydrogen-bond acceptors (Lipinski definition) is 4. The first kappa shape index (κ1) is 14.7. The quantitative estimate of drug-likeness (QED) is 0.790. The van der Waals surface area contributed by atoms with Gasteiger partial charge in [0.1, 0.15) is 5.75 Å². The van der Waals surface area contributed by atoms with Crippen LogP contribution in [0.4, 0.5) is 0 Å². The predicted molar refractivity (Wildman–Crippen MR) is 85.7 cm³/mol. The molecule has 3 rings (SSSR count). The molecular weight excluding hydrogens is 292 g/mol. The van der Waals surface area contributed by atoms with Gasteiger partial charge >= 0.3 is 12.0 Å². The summed E-state index contributed by atoms with van der Waals surface area (Å²) in [6.45, 7) is 1.70. The molecule has 3 aromatic rings. The molecule has 1 heterocycles. The number of carboxylic acids is 1. The monoisotopic (exact) mass is 306 g/mol. The van der Waals surface area contributed by atoms with Crippen molar-refractivity contribution in [2.45, 2.75) is 6.92 Å². The van der Waals surface area contributed by atoms with Crippen LogP contribution in [-0.4, -0.2) is 21.0 Å². The van der Waals surface area contributed by atoms with Crippen molar-refractivity contribution >= 4 is 5.97 Å². The molecule has 5 nitrogen and oxygen atoms in total. The molecule has 0 aliphatic carbocycles. The van der Waals surface area contributed by atoms with Gasteiger partial charge in [0.2, 0.25) is 0 Å². The first-order chi connectivity index (χ1) is 11.1. The molecule has 1 N–H and O–H groups in total. The Hall–Kier alpha value is -3.21. The van der Waals surface area contributed by atoms with Crippen molar-refractivity contribution in [3.8, 4) is 22.9 Å². The molecule has 5 heteroatoms. The summed E-state index contributed by atoms with van der Waals surface area (Å²) >= 11 is 0. The van der Waals surface area contributed by atoms with E-state index >= 15 is 0 Å². The van der Waals surface area contributed by atoms with Crippen LogP contribution in [0.25, 0.3) is 11.1 Å². The van der Waals surface area contributed by atoms with Gasteiger partial charge in [-0.15, -0.1) is 0 Å². The van der Waals surface area contributed by atoms with Crippen molar-refractivity contribution < 1.29 is 14.6 Å². The Kier molecular flexibility index (Phi) is 4.01. The molecule has 0 aliphatic heterocycles. The molecule has 0 fully saturated rings. The number of benzene rings is 2. The molecule has 0 spiro atoms. The van der Waals surface area contributed by atoms with Crippen LogP contribution < -0.4 is 4.74 Å². The van der Waals surface area contributed by atoms with Gasteiger partial charge in [-0.2, -0.15) is 0 Å². The van der Waals surface area contributed by atoms with E-state index in [-0.39, 0.29) is 11.6 Å². The maximum absolute atomic E-state index is 11.5. The highest BCUT2D eigenvalue weighted by atomic mass is 16.5. The first-order valence-corrected chi connectivity index (χ1v) is 7.03. The summed E-state index contributed by atoms with van der Waals surface area (Å²) in [7, 11) is 0. The van der Waals surface area contributed by atoms with E-state index in [1.165, 1.54) is 0 Å². The summed E-state index contributed by atoms with van der Waals surface area (Å²) in [6.07, 6.45) is 3.13. The Morgan fingerprint density at radius 1 is 1.00 bits per heavy atom. The van der Waals surface area contributed by atoms with Crippen LogP contribution in [0.2, 0.25) is 0 Å². The largest absolute Gasteiger partial charge is 0.478 e. The van der Waals surface area contributed by atoms with Crippen molar-refractivity contribution in [3.05, 3.63) is 72.1 Å². The van der Waals surface area contributed by atoms with Gasteiger partial charge in [-0.25, -0.2) is 14.8 Å². The maximum Gasteiger partial charge on any atom is 0.336 e. The number of ether oxygens (including phenoxy) is 1. The molecule has 0 unspecified atom stereocenters. The van der Waals surface area contributed by atoms with E-state index in [4.69, 9.17) is 4.74 Å². The second kappa shape index (κ2) is 6.27. The number of aromatic nitrogens is 2. The molecule has 23 heavy (non-hydrogen) atoms. The fraction of sp³-hybridized carbons (Fsp3) is 0.0556. The van der Waals surface area contributed by atoms with Gasteiger partial charge in [0, 0.05) is 18.0 Å². The van der Waals surface area contributed by atoms with E-state index in [2.05, 4.69) is 9.97 Å². The average molecular weight is 306 g/mol. The molecule has 0 aliphatic rings. The third-order valence-electron chi connectivity index (χ3n) is 3.44. The lowest BCUT2D eigenvalue weighted by Gasteiger charge is -2.12. The molecule has 114 valence electrons. The molecule has 0 atom stereocenters. The summed E-state index contributed by atoms with van der Waals surface area (Å²) in [5.74, 6) is -0.575. The highest BCUT2D eigenvalue weighted by Gasteiger charge is 2.16. The van der Waals surface area contributed by atoms with Crippen molar-refractivity contribution in [3.63, 3.8) is 0 Å². The number of aromatic carboxylic acids is 1. The predicted octanol–water partition coefficient (Wildman–Crippen LogP) is 3.94. The minimum atomic E-state index is -1.00. The summed E-state index contributed by atoms with van der Waals surface area (Å²) < 4.78 is 5.68. The van der Waals surface area contributed by atoms with Crippen LogP contribution in [0.3, 0.4) is 0 Å². The lowest BCUT2D eigenvalue weighted by molar-refractivity contribution is 0.0695. The zero-order valence-corrected chi connectivity index (χ0v) is 12.4. The fourth-order valence-electron chi connectivity index (χ4n) is 2.25. The topological polar surface area (TPSA) is 72.3 Å². The normalized spacial score (nSPS) is 10.3. The maximum atomic E-state index is 11.5. The number of nitrogens with zero attached hydrogens (tertiary/aromatic N) is 2. The number of carboxylic acid groups (broad SMARTS) is 1. The van der Waals surface area contributed by atoms with Crippen LogP contribution in [0, 0.1) is 6.92 Å². The summed E-state index contributed by atoms with van der Waals surface area (Å²) in [5.41, 5.74) is 2.40. The number of carbonyl (C=O) groups is 1. The fourth-order valence-corrected chi connectivity index (χ4v) is 2.25. The van der Waals surface area contributed by atoms with E-state index < -0.39 is 5.97 Å². The van der Waals surface area contributed by atoms with E-state index in [9.17, 15) is 9.90 Å². The molecule has 0 bridgehead atoms. The van der Waals surface area contributed by atoms with E-state index in [0.717, 1.165) is 11.1 Å². The van der Waals surface area contributed by atoms with Gasteiger partial charge in [0.15, 0.2) is 0 Å². The third-order valence-corrected chi connectivity index (χ3v) is 3.44. The Morgan fingerprint density at radius 3 is 2.35 bits per heavy atom. The van der Waals surface area contributed by atoms with Crippen LogP contribution >= 0.6 is 0 Å². The van der Waals surface area contributed by atoms with Crippen LogP contribution in [0.1, 0.15) is 15.9 Å². The Balaban J connectivity index is 2.11. The van der Waals surface area contributed by atoms with Gasteiger partial charge in [-0.3, -0.25) is 0 Å². The zero-order chi connectivity index (χ0) is 16.2. The first-order valence-electron chi connectivity index (χ1n) is 7.03.